The molecule has 0 amide bonds. The van der Waals surface area contributed by atoms with E-state index in [1.807, 2.05) is 0 Å². The predicted octanol–water partition coefficient (Wildman–Crippen LogP) is 2.62. The topological polar surface area (TPSA) is 26.3 Å². The van der Waals surface area contributed by atoms with E-state index in [4.69, 9.17) is 4.74 Å². The van der Waals surface area contributed by atoms with Gasteiger partial charge < -0.3 is 4.74 Å². The molecule has 0 aromatic carbocycles. The van der Waals surface area contributed by atoms with Gasteiger partial charge in [0.15, 0.2) is 0 Å². The van der Waals surface area contributed by atoms with Crippen molar-refractivity contribution in [2.75, 3.05) is 6.61 Å². The molecule has 3 fully saturated rings. The smallest absolute Gasteiger partial charge is 0.302 e. The van der Waals surface area contributed by atoms with Crippen LogP contribution in [0.1, 0.15) is 40.0 Å². The summed E-state index contributed by atoms with van der Waals surface area (Å²) < 4.78 is 5.13. The molecular weight excluding hydrogens is 176 g/mol. The van der Waals surface area contributed by atoms with Crippen molar-refractivity contribution in [3.05, 3.63) is 0 Å². The minimum Gasteiger partial charge on any atom is -0.466 e. The number of carbonyl (C=O) groups is 1. The van der Waals surface area contributed by atoms with Crippen molar-refractivity contribution in [2.24, 2.45) is 23.2 Å². The molecular formula is C12H20O2. The molecule has 14 heavy (non-hydrogen) atoms. The average molecular weight is 196 g/mol. The van der Waals surface area contributed by atoms with Crippen molar-refractivity contribution < 1.29 is 9.53 Å². The number of rotatable bonds is 2. The fourth-order valence-electron chi connectivity index (χ4n) is 3.39. The minimum atomic E-state index is -0.135. The summed E-state index contributed by atoms with van der Waals surface area (Å²) in [6.07, 6.45) is 3.94. The first-order valence-corrected chi connectivity index (χ1v) is 5.65. The second kappa shape index (κ2) is 3.25. The zero-order valence-corrected chi connectivity index (χ0v) is 9.38. The zero-order valence-electron chi connectivity index (χ0n) is 9.38. The minimum absolute atomic E-state index is 0.135. The summed E-state index contributed by atoms with van der Waals surface area (Å²) in [6, 6.07) is 0. The van der Waals surface area contributed by atoms with Gasteiger partial charge >= 0.3 is 5.97 Å². The lowest BCUT2D eigenvalue weighted by Gasteiger charge is -2.60. The molecule has 2 heteroatoms. The van der Waals surface area contributed by atoms with Crippen molar-refractivity contribution in [3.63, 3.8) is 0 Å². The lowest BCUT2D eigenvalue weighted by Crippen LogP contribution is -2.53. The largest absolute Gasteiger partial charge is 0.466 e. The quantitative estimate of drug-likeness (QED) is 0.635. The Morgan fingerprint density at radius 1 is 1.43 bits per heavy atom. The summed E-state index contributed by atoms with van der Waals surface area (Å²) in [5.74, 6) is 2.21. The normalized spacial score (nSPS) is 38.6. The summed E-state index contributed by atoms with van der Waals surface area (Å²) in [7, 11) is 0. The third-order valence-corrected chi connectivity index (χ3v) is 4.50. The molecule has 2 bridgehead atoms. The van der Waals surface area contributed by atoms with E-state index in [1.165, 1.54) is 26.2 Å². The van der Waals surface area contributed by atoms with Crippen LogP contribution >= 0.6 is 0 Å². The number of esters is 1. The lowest BCUT2D eigenvalue weighted by molar-refractivity contribution is -0.153. The Bertz CT molecular complexity index is 243. The van der Waals surface area contributed by atoms with Gasteiger partial charge in [-0.25, -0.2) is 0 Å². The summed E-state index contributed by atoms with van der Waals surface area (Å²) in [4.78, 5) is 10.7. The van der Waals surface area contributed by atoms with E-state index in [-0.39, 0.29) is 5.97 Å². The molecule has 0 aromatic heterocycles. The van der Waals surface area contributed by atoms with Gasteiger partial charge in [-0.15, -0.1) is 0 Å². The van der Waals surface area contributed by atoms with Gasteiger partial charge in [0.05, 0.1) is 6.61 Å². The molecule has 80 valence electrons. The van der Waals surface area contributed by atoms with Crippen LogP contribution < -0.4 is 0 Å². The highest BCUT2D eigenvalue weighted by molar-refractivity contribution is 5.65. The average Bonchev–Trinajstić information content (AvgIpc) is 2.14. The Labute approximate surface area is 86.0 Å². The first kappa shape index (κ1) is 10.0. The number of fused-ring (bicyclic) bond motifs is 2. The molecule has 3 aliphatic carbocycles. The van der Waals surface area contributed by atoms with Gasteiger partial charge in [0, 0.05) is 6.92 Å². The molecule has 0 radical (unpaired) electrons. The van der Waals surface area contributed by atoms with Crippen LogP contribution in [0.5, 0.6) is 0 Å². The SMILES string of the molecule is CC(=O)OC[C@H]1CCC2CC1C2(C)C. The molecule has 0 heterocycles. The van der Waals surface area contributed by atoms with Crippen LogP contribution in [0.3, 0.4) is 0 Å². The fraction of sp³-hybridized carbons (Fsp3) is 0.917. The summed E-state index contributed by atoms with van der Waals surface area (Å²) in [5.41, 5.74) is 0.503. The lowest BCUT2D eigenvalue weighted by atomic mass is 9.46. The van der Waals surface area contributed by atoms with E-state index in [1.54, 1.807) is 0 Å². The number of hydrogen-bond acceptors (Lipinski definition) is 2. The van der Waals surface area contributed by atoms with Crippen LogP contribution in [-0.4, -0.2) is 12.6 Å². The molecule has 3 rings (SSSR count). The summed E-state index contributed by atoms with van der Waals surface area (Å²) in [6.45, 7) is 6.88. The van der Waals surface area contributed by atoms with Gasteiger partial charge in [-0.3, -0.25) is 4.79 Å². The molecule has 2 nitrogen and oxygen atoms in total. The van der Waals surface area contributed by atoms with Crippen LogP contribution in [0.2, 0.25) is 0 Å². The highest BCUT2D eigenvalue weighted by atomic mass is 16.5. The molecule has 3 aliphatic rings. The monoisotopic (exact) mass is 196 g/mol. The first-order valence-electron chi connectivity index (χ1n) is 5.65. The number of ether oxygens (including phenoxy) is 1. The highest BCUT2D eigenvalue weighted by Gasteiger charge is 2.54. The van der Waals surface area contributed by atoms with Gasteiger partial charge in [0.1, 0.15) is 0 Å². The Hall–Kier alpha value is -0.530. The third-order valence-electron chi connectivity index (χ3n) is 4.50. The van der Waals surface area contributed by atoms with E-state index in [0.717, 1.165) is 11.8 Å². The number of hydrogen-bond donors (Lipinski definition) is 0. The van der Waals surface area contributed by atoms with E-state index < -0.39 is 0 Å². The summed E-state index contributed by atoms with van der Waals surface area (Å²) in [5, 5.41) is 0. The molecule has 3 atom stereocenters. The second-order valence-corrected chi connectivity index (χ2v) is 5.50. The Morgan fingerprint density at radius 3 is 2.64 bits per heavy atom. The van der Waals surface area contributed by atoms with Crippen molar-refractivity contribution in [3.8, 4) is 0 Å². The van der Waals surface area contributed by atoms with Crippen molar-refractivity contribution in [2.45, 2.75) is 40.0 Å². The second-order valence-electron chi connectivity index (χ2n) is 5.50. The van der Waals surface area contributed by atoms with Crippen LogP contribution in [0.15, 0.2) is 0 Å². The van der Waals surface area contributed by atoms with Crippen molar-refractivity contribution in [1.82, 2.24) is 0 Å². The summed E-state index contributed by atoms with van der Waals surface area (Å²) >= 11 is 0. The standard InChI is InChI=1S/C12H20O2/c1-8(13)14-7-9-4-5-10-6-11(9)12(10,2)3/h9-11H,4-7H2,1-3H3/t9-,10?,11?/m1/s1. The maximum absolute atomic E-state index is 10.7. The molecule has 2 unspecified atom stereocenters. The van der Waals surface area contributed by atoms with Crippen LogP contribution in [0.4, 0.5) is 0 Å². The predicted molar refractivity (Wildman–Crippen MR) is 54.7 cm³/mol. The molecule has 0 spiro atoms. The van der Waals surface area contributed by atoms with Crippen LogP contribution in [0.25, 0.3) is 0 Å². The van der Waals surface area contributed by atoms with Crippen molar-refractivity contribution >= 4 is 5.97 Å². The third kappa shape index (κ3) is 1.45. The molecule has 3 saturated carbocycles. The van der Waals surface area contributed by atoms with E-state index >= 15 is 0 Å². The fourth-order valence-corrected chi connectivity index (χ4v) is 3.39. The highest BCUT2D eigenvalue weighted by Crippen LogP contribution is 2.61. The maximum Gasteiger partial charge on any atom is 0.302 e. The molecule has 0 N–H and O–H groups in total. The van der Waals surface area contributed by atoms with Gasteiger partial charge in [0.2, 0.25) is 0 Å². The molecule has 0 aromatic rings. The molecule has 0 saturated heterocycles. The van der Waals surface area contributed by atoms with Crippen molar-refractivity contribution in [1.29, 1.82) is 0 Å². The molecule has 0 aliphatic heterocycles. The zero-order chi connectivity index (χ0) is 10.3. The van der Waals surface area contributed by atoms with E-state index in [0.29, 0.717) is 17.9 Å². The maximum atomic E-state index is 10.7. The Balaban J connectivity index is 1.91. The van der Waals surface area contributed by atoms with E-state index in [2.05, 4.69) is 13.8 Å². The van der Waals surface area contributed by atoms with Gasteiger partial charge in [-0.1, -0.05) is 13.8 Å². The van der Waals surface area contributed by atoms with Crippen LogP contribution in [0, 0.1) is 23.2 Å². The van der Waals surface area contributed by atoms with Gasteiger partial charge in [-0.2, -0.15) is 0 Å². The number of carbonyl (C=O) groups excluding carboxylic acids is 1. The van der Waals surface area contributed by atoms with Crippen LogP contribution in [-0.2, 0) is 9.53 Å². The first-order chi connectivity index (χ1) is 6.51. The Morgan fingerprint density at radius 2 is 2.14 bits per heavy atom. The van der Waals surface area contributed by atoms with E-state index in [9.17, 15) is 4.79 Å². The van der Waals surface area contributed by atoms with Gasteiger partial charge in [0.25, 0.3) is 0 Å². The van der Waals surface area contributed by atoms with Gasteiger partial charge in [-0.05, 0) is 42.4 Å². The Kier molecular flexibility index (Phi) is 2.32.